The first-order valence-electron chi connectivity index (χ1n) is 16.1. The van der Waals surface area contributed by atoms with Crippen molar-refractivity contribution in [2.24, 2.45) is 0 Å². The number of hydrogen-bond acceptors (Lipinski definition) is 10. The minimum absolute atomic E-state index is 0.0536. The van der Waals surface area contributed by atoms with Gasteiger partial charge in [0.1, 0.15) is 17.6 Å². The molecule has 1 saturated carbocycles. The lowest BCUT2D eigenvalue weighted by Gasteiger charge is -2.30. The van der Waals surface area contributed by atoms with Crippen LogP contribution in [0.25, 0.3) is 22.3 Å². The Morgan fingerprint density at radius 2 is 1.12 bits per heavy atom. The second-order valence-electron chi connectivity index (χ2n) is 11.9. The zero-order valence-electron chi connectivity index (χ0n) is 28.7. The molecular formula is C40H42O10. The second kappa shape index (κ2) is 17.9. The first-order valence-corrected chi connectivity index (χ1v) is 16.1. The van der Waals surface area contributed by atoms with Crippen LogP contribution in [0, 0.1) is 0 Å². The SMILES string of the molecule is C=C(COC)C(=O)Oc1ccc(-c2ccc(-c3ccc(OC(=O)C(=C)COC)cc3C3CCC(OC(=O)C(=C)CC(=O)OC)CC3)cc2)cc1. The molecule has 0 radical (unpaired) electrons. The van der Waals surface area contributed by atoms with Gasteiger partial charge in [-0.25, -0.2) is 14.4 Å². The summed E-state index contributed by atoms with van der Waals surface area (Å²) in [4.78, 5) is 48.8. The van der Waals surface area contributed by atoms with E-state index in [9.17, 15) is 19.2 Å². The molecule has 50 heavy (non-hydrogen) atoms. The molecule has 0 aromatic heterocycles. The third-order valence-electron chi connectivity index (χ3n) is 8.30. The highest BCUT2D eigenvalue weighted by molar-refractivity contribution is 5.93. The minimum atomic E-state index is -0.603. The normalized spacial score (nSPS) is 15.3. The van der Waals surface area contributed by atoms with Gasteiger partial charge in [-0.2, -0.15) is 0 Å². The zero-order chi connectivity index (χ0) is 36.2. The van der Waals surface area contributed by atoms with Crippen LogP contribution in [0.2, 0.25) is 0 Å². The topological polar surface area (TPSA) is 124 Å². The molecule has 10 heteroatoms. The monoisotopic (exact) mass is 682 g/mol. The van der Waals surface area contributed by atoms with E-state index in [2.05, 4.69) is 24.5 Å². The van der Waals surface area contributed by atoms with Crippen molar-refractivity contribution in [1.29, 1.82) is 0 Å². The smallest absolute Gasteiger partial charge is 0.341 e. The quantitative estimate of drug-likeness (QED) is 0.0948. The van der Waals surface area contributed by atoms with Crippen LogP contribution >= 0.6 is 0 Å². The van der Waals surface area contributed by atoms with Crippen molar-refractivity contribution < 1.29 is 47.6 Å². The van der Waals surface area contributed by atoms with E-state index in [0.29, 0.717) is 24.3 Å². The Labute approximate surface area is 292 Å². The predicted molar refractivity (Wildman–Crippen MR) is 187 cm³/mol. The van der Waals surface area contributed by atoms with Crippen molar-refractivity contribution in [1.82, 2.24) is 0 Å². The molecule has 0 bridgehead atoms. The Balaban J connectivity index is 1.52. The van der Waals surface area contributed by atoms with Gasteiger partial charge in [0.2, 0.25) is 0 Å². The minimum Gasteiger partial charge on any atom is -0.469 e. The Kier molecular flexibility index (Phi) is 13.4. The molecule has 0 spiro atoms. The lowest BCUT2D eigenvalue weighted by atomic mass is 9.79. The Morgan fingerprint density at radius 3 is 1.66 bits per heavy atom. The number of hydrogen-bond donors (Lipinski definition) is 0. The maximum atomic E-state index is 12.6. The highest BCUT2D eigenvalue weighted by atomic mass is 16.6. The molecule has 1 aliphatic rings. The molecule has 0 atom stereocenters. The maximum absolute atomic E-state index is 12.6. The van der Waals surface area contributed by atoms with Crippen molar-refractivity contribution in [2.75, 3.05) is 34.5 Å². The van der Waals surface area contributed by atoms with Gasteiger partial charge in [-0.15, -0.1) is 0 Å². The number of benzene rings is 3. The summed E-state index contributed by atoms with van der Waals surface area (Å²) in [6, 6.07) is 20.9. The van der Waals surface area contributed by atoms with Gasteiger partial charge in [0.15, 0.2) is 0 Å². The van der Waals surface area contributed by atoms with Crippen LogP contribution in [-0.4, -0.2) is 64.5 Å². The molecule has 262 valence electrons. The summed E-state index contributed by atoms with van der Waals surface area (Å²) in [5.74, 6) is -1.39. The highest BCUT2D eigenvalue weighted by Gasteiger charge is 2.28. The lowest BCUT2D eigenvalue weighted by molar-refractivity contribution is -0.148. The molecule has 3 aromatic rings. The van der Waals surface area contributed by atoms with Gasteiger partial charge in [-0.1, -0.05) is 62.2 Å². The van der Waals surface area contributed by atoms with E-state index in [0.717, 1.165) is 40.7 Å². The van der Waals surface area contributed by atoms with Crippen molar-refractivity contribution in [3.63, 3.8) is 0 Å². The van der Waals surface area contributed by atoms with Gasteiger partial charge in [0.05, 0.1) is 37.9 Å². The summed E-state index contributed by atoms with van der Waals surface area (Å²) in [6.07, 6.45) is 2.13. The van der Waals surface area contributed by atoms with Gasteiger partial charge in [0.25, 0.3) is 0 Å². The van der Waals surface area contributed by atoms with Crippen LogP contribution in [0.1, 0.15) is 43.6 Å². The maximum Gasteiger partial charge on any atom is 0.341 e. The summed E-state index contributed by atoms with van der Waals surface area (Å²) in [5.41, 5.74) is 5.34. The molecule has 1 fully saturated rings. The fourth-order valence-electron chi connectivity index (χ4n) is 5.63. The summed E-state index contributed by atoms with van der Waals surface area (Å²) in [7, 11) is 4.21. The number of methoxy groups -OCH3 is 3. The molecule has 1 aliphatic carbocycles. The predicted octanol–water partition coefficient (Wildman–Crippen LogP) is 6.93. The summed E-state index contributed by atoms with van der Waals surface area (Å²) in [6.45, 7) is 11.2. The second-order valence-corrected chi connectivity index (χ2v) is 11.9. The molecule has 0 unspecified atom stereocenters. The highest BCUT2D eigenvalue weighted by Crippen LogP contribution is 2.41. The van der Waals surface area contributed by atoms with Gasteiger partial charge < -0.3 is 28.4 Å². The van der Waals surface area contributed by atoms with Gasteiger partial charge in [-0.05, 0) is 83.7 Å². The van der Waals surface area contributed by atoms with E-state index >= 15 is 0 Å². The summed E-state index contributed by atoms with van der Waals surface area (Å²) in [5, 5.41) is 0. The molecule has 0 N–H and O–H groups in total. The Hall–Kier alpha value is -5.32. The summed E-state index contributed by atoms with van der Waals surface area (Å²) < 4.78 is 31.3. The van der Waals surface area contributed by atoms with Crippen LogP contribution in [0.15, 0.2) is 103 Å². The van der Waals surface area contributed by atoms with E-state index in [1.807, 2.05) is 48.5 Å². The average molecular weight is 683 g/mol. The van der Waals surface area contributed by atoms with Crippen LogP contribution in [0.4, 0.5) is 0 Å². The molecule has 10 nitrogen and oxygen atoms in total. The number of ether oxygens (including phenoxy) is 6. The number of esters is 4. The van der Waals surface area contributed by atoms with Crippen LogP contribution in [0.5, 0.6) is 11.5 Å². The van der Waals surface area contributed by atoms with Gasteiger partial charge >= 0.3 is 23.9 Å². The molecule has 3 aromatic carbocycles. The largest absolute Gasteiger partial charge is 0.469 e. The van der Waals surface area contributed by atoms with E-state index < -0.39 is 23.9 Å². The van der Waals surface area contributed by atoms with Crippen LogP contribution < -0.4 is 9.47 Å². The number of carbonyl (C=O) groups excluding carboxylic acids is 4. The standard InChI is InChI=1S/C40H42O10/c1-25(21-37(41)47-6)38(42)48-33-17-13-31(14-18-33)36-22-34(50-40(44)27(3)24-46-5)19-20-35(36)30-9-7-28(8-10-30)29-11-15-32(16-12-29)49-39(43)26(2)23-45-4/h7-12,15-16,19-20,22,31,33H,1-3,13-14,17-18,21,23-24H2,4-6H3. The van der Waals surface area contributed by atoms with E-state index in [-0.39, 0.29) is 48.4 Å². The number of rotatable bonds is 15. The van der Waals surface area contributed by atoms with Crippen LogP contribution in [-0.2, 0) is 38.1 Å². The lowest BCUT2D eigenvalue weighted by Crippen LogP contribution is -2.25. The van der Waals surface area contributed by atoms with Crippen molar-refractivity contribution >= 4 is 23.9 Å². The van der Waals surface area contributed by atoms with E-state index in [4.69, 9.17) is 23.7 Å². The van der Waals surface area contributed by atoms with Gasteiger partial charge in [-0.3, -0.25) is 4.79 Å². The Bertz CT molecular complexity index is 1730. The fourth-order valence-corrected chi connectivity index (χ4v) is 5.63. The fraction of sp³-hybridized carbons (Fsp3) is 0.300. The average Bonchev–Trinajstić information content (AvgIpc) is 3.12. The third kappa shape index (κ3) is 10.1. The van der Waals surface area contributed by atoms with E-state index in [1.165, 1.54) is 21.3 Å². The number of carbonyl (C=O) groups is 4. The Morgan fingerprint density at radius 1 is 0.620 bits per heavy atom. The van der Waals surface area contributed by atoms with E-state index in [1.54, 1.807) is 18.2 Å². The first kappa shape index (κ1) is 37.5. The summed E-state index contributed by atoms with van der Waals surface area (Å²) >= 11 is 0. The molecular weight excluding hydrogens is 640 g/mol. The van der Waals surface area contributed by atoms with Crippen molar-refractivity contribution in [3.05, 3.63) is 109 Å². The molecule has 4 rings (SSSR count). The van der Waals surface area contributed by atoms with Crippen molar-refractivity contribution in [3.8, 4) is 33.8 Å². The van der Waals surface area contributed by atoms with Crippen molar-refractivity contribution in [2.45, 2.75) is 44.1 Å². The molecule has 0 heterocycles. The van der Waals surface area contributed by atoms with Crippen LogP contribution in [0.3, 0.4) is 0 Å². The molecule has 0 saturated heterocycles. The first-order chi connectivity index (χ1) is 24.0. The van der Waals surface area contributed by atoms with Gasteiger partial charge in [0, 0.05) is 19.8 Å². The zero-order valence-corrected chi connectivity index (χ0v) is 28.7. The molecule has 0 amide bonds. The molecule has 0 aliphatic heterocycles. The third-order valence-corrected chi connectivity index (χ3v) is 8.30.